The molecule has 1 saturated heterocycles. The summed E-state index contributed by atoms with van der Waals surface area (Å²) in [5.41, 5.74) is -0.251. The van der Waals surface area contributed by atoms with E-state index in [1.54, 1.807) is 13.0 Å². The molecule has 0 radical (unpaired) electrons. The Morgan fingerprint density at radius 1 is 0.941 bits per heavy atom. The Kier molecular flexibility index (Phi) is 9.23. The van der Waals surface area contributed by atoms with E-state index in [2.05, 4.69) is 6.92 Å². The molecule has 2 nitrogen and oxygen atoms in total. The molecular formula is C29H43F3O2. The summed E-state index contributed by atoms with van der Waals surface area (Å²) in [5.74, 6) is 2.08. The van der Waals surface area contributed by atoms with Crippen LogP contribution < -0.4 is 4.74 Å². The lowest BCUT2D eigenvalue weighted by Crippen LogP contribution is -2.40. The van der Waals surface area contributed by atoms with Gasteiger partial charge in [0.05, 0.1) is 24.9 Å². The lowest BCUT2D eigenvalue weighted by molar-refractivity contribution is -0.0698. The second-order valence-corrected chi connectivity index (χ2v) is 10.9. The van der Waals surface area contributed by atoms with Crippen LogP contribution in [-0.2, 0) is 4.74 Å². The normalized spacial score (nSPS) is 32.6. The third-order valence-electron chi connectivity index (χ3n) is 8.98. The van der Waals surface area contributed by atoms with Gasteiger partial charge >= 0.3 is 0 Å². The van der Waals surface area contributed by atoms with Gasteiger partial charge in [0, 0.05) is 5.92 Å². The molecule has 0 N–H and O–H groups in total. The Hall–Kier alpha value is -1.23. The minimum Gasteiger partial charge on any atom is -0.493 e. The van der Waals surface area contributed by atoms with Gasteiger partial charge in [-0.25, -0.2) is 13.2 Å². The zero-order chi connectivity index (χ0) is 24.1. The van der Waals surface area contributed by atoms with Crippen molar-refractivity contribution in [2.75, 3.05) is 13.2 Å². The highest BCUT2D eigenvalue weighted by Gasteiger charge is 2.40. The first-order chi connectivity index (χ1) is 16.5. The number of ether oxygens (including phenoxy) is 2. The second-order valence-electron chi connectivity index (χ2n) is 10.9. The third-order valence-corrected chi connectivity index (χ3v) is 8.98. The van der Waals surface area contributed by atoms with Crippen LogP contribution >= 0.6 is 0 Å². The van der Waals surface area contributed by atoms with Crippen LogP contribution in [0.25, 0.3) is 0 Å². The van der Waals surface area contributed by atoms with Gasteiger partial charge in [-0.2, -0.15) is 0 Å². The molecule has 0 spiro atoms. The first-order valence-electron chi connectivity index (χ1n) is 13.9. The zero-order valence-corrected chi connectivity index (χ0v) is 21.0. The van der Waals surface area contributed by atoms with Crippen LogP contribution in [0.1, 0.15) is 114 Å². The van der Waals surface area contributed by atoms with Crippen molar-refractivity contribution >= 4 is 0 Å². The average Bonchev–Trinajstić information content (AvgIpc) is 2.85. The molecule has 3 aliphatic rings. The van der Waals surface area contributed by atoms with Crippen LogP contribution in [0, 0.1) is 29.5 Å². The summed E-state index contributed by atoms with van der Waals surface area (Å²) >= 11 is 0. The summed E-state index contributed by atoms with van der Waals surface area (Å²) in [6.07, 6.45) is 12.4. The quantitative estimate of drug-likeness (QED) is 0.370. The number of hydrogen-bond acceptors (Lipinski definition) is 2. The Labute approximate surface area is 204 Å². The third kappa shape index (κ3) is 5.77. The number of benzene rings is 1. The molecule has 2 saturated carbocycles. The van der Waals surface area contributed by atoms with Crippen LogP contribution in [0.4, 0.5) is 13.2 Å². The topological polar surface area (TPSA) is 18.5 Å². The maximum Gasteiger partial charge on any atom is 0.270 e. The highest BCUT2D eigenvalue weighted by atomic mass is 19.3. The lowest BCUT2D eigenvalue weighted by Gasteiger charge is -2.45. The van der Waals surface area contributed by atoms with Gasteiger partial charge in [-0.15, -0.1) is 0 Å². The molecule has 192 valence electrons. The smallest absolute Gasteiger partial charge is 0.270 e. The average molecular weight is 481 g/mol. The molecule has 34 heavy (non-hydrogen) atoms. The fourth-order valence-electron chi connectivity index (χ4n) is 7.30. The van der Waals surface area contributed by atoms with Gasteiger partial charge in [0.25, 0.3) is 6.43 Å². The van der Waals surface area contributed by atoms with Crippen molar-refractivity contribution in [3.05, 3.63) is 29.1 Å². The van der Waals surface area contributed by atoms with Crippen molar-refractivity contribution in [1.29, 1.82) is 0 Å². The number of hydrogen-bond donors (Lipinski definition) is 0. The first kappa shape index (κ1) is 25.9. The summed E-state index contributed by atoms with van der Waals surface area (Å²) < 4.78 is 54.0. The van der Waals surface area contributed by atoms with Crippen molar-refractivity contribution in [3.8, 4) is 5.75 Å². The first-order valence-corrected chi connectivity index (χ1v) is 13.9. The van der Waals surface area contributed by atoms with Crippen molar-refractivity contribution in [3.63, 3.8) is 0 Å². The monoisotopic (exact) mass is 480 g/mol. The molecule has 1 aromatic carbocycles. The molecule has 3 fully saturated rings. The molecule has 0 bridgehead atoms. The van der Waals surface area contributed by atoms with E-state index in [0.29, 0.717) is 18.1 Å². The highest BCUT2D eigenvalue weighted by Crippen LogP contribution is 2.47. The van der Waals surface area contributed by atoms with Crippen molar-refractivity contribution in [2.45, 2.75) is 109 Å². The second kappa shape index (κ2) is 12.1. The fourth-order valence-corrected chi connectivity index (χ4v) is 7.30. The summed E-state index contributed by atoms with van der Waals surface area (Å²) in [4.78, 5) is 0. The molecule has 0 amide bonds. The zero-order valence-electron chi connectivity index (χ0n) is 21.0. The van der Waals surface area contributed by atoms with Gasteiger partial charge in [-0.3, -0.25) is 0 Å². The Morgan fingerprint density at radius 2 is 1.68 bits per heavy atom. The van der Waals surface area contributed by atoms with Crippen LogP contribution in [0.2, 0.25) is 0 Å². The van der Waals surface area contributed by atoms with E-state index < -0.39 is 17.8 Å². The maximum atomic E-state index is 15.1. The Bertz CT molecular complexity index is 767. The van der Waals surface area contributed by atoms with E-state index in [-0.39, 0.29) is 24.4 Å². The lowest BCUT2D eigenvalue weighted by atomic mass is 9.64. The predicted molar refractivity (Wildman–Crippen MR) is 130 cm³/mol. The van der Waals surface area contributed by atoms with Gasteiger partial charge in [-0.05, 0) is 80.8 Å². The molecular weight excluding hydrogens is 437 g/mol. The van der Waals surface area contributed by atoms with E-state index in [1.165, 1.54) is 70.3 Å². The number of rotatable bonds is 8. The van der Waals surface area contributed by atoms with Gasteiger partial charge in [-0.1, -0.05) is 51.5 Å². The molecule has 2 aliphatic carbocycles. The summed E-state index contributed by atoms with van der Waals surface area (Å²) in [6.45, 7) is 4.66. The van der Waals surface area contributed by atoms with E-state index in [0.717, 1.165) is 30.6 Å². The fraction of sp³-hybridized carbons (Fsp3) is 0.793. The summed E-state index contributed by atoms with van der Waals surface area (Å²) in [5, 5.41) is 0. The Balaban J connectivity index is 1.39. The van der Waals surface area contributed by atoms with E-state index in [9.17, 15) is 8.78 Å². The van der Waals surface area contributed by atoms with E-state index in [1.807, 2.05) is 0 Å². The maximum absolute atomic E-state index is 15.1. The molecule has 1 aromatic rings. The van der Waals surface area contributed by atoms with Gasteiger partial charge < -0.3 is 9.47 Å². The SMILES string of the molecule is CCCC1CCC(C2CCCCC2C2CCC(c3ccc(OCC)c(C(F)F)c3F)CO2)CC1. The molecule has 4 unspecified atom stereocenters. The standard InChI is InChI=1S/C29H43F3O2/c1-3-7-19-10-12-20(13-11-19)22-8-5-6-9-24(22)25-16-14-21(18-34-25)23-15-17-26(33-4-2)27(28(23)30)29(31)32/h15,17,19-22,24-25,29H,3-14,16,18H2,1-2H3. The van der Waals surface area contributed by atoms with Crippen molar-refractivity contribution in [1.82, 2.24) is 0 Å². The summed E-state index contributed by atoms with van der Waals surface area (Å²) in [7, 11) is 0. The minimum absolute atomic E-state index is 0.0490. The highest BCUT2D eigenvalue weighted by molar-refractivity contribution is 5.41. The Morgan fingerprint density at radius 3 is 2.29 bits per heavy atom. The number of halogens is 3. The van der Waals surface area contributed by atoms with Gasteiger partial charge in [0.15, 0.2) is 0 Å². The number of alkyl halides is 2. The van der Waals surface area contributed by atoms with Crippen molar-refractivity contribution < 1.29 is 22.6 Å². The molecule has 0 aromatic heterocycles. The molecule has 1 aliphatic heterocycles. The van der Waals surface area contributed by atoms with E-state index in [4.69, 9.17) is 9.47 Å². The van der Waals surface area contributed by atoms with Crippen molar-refractivity contribution in [2.24, 2.45) is 23.7 Å². The molecule has 4 atom stereocenters. The molecule has 1 heterocycles. The molecule has 5 heteroatoms. The molecule has 4 rings (SSSR count). The van der Waals surface area contributed by atoms with E-state index >= 15 is 4.39 Å². The van der Waals surface area contributed by atoms with Gasteiger partial charge in [0.1, 0.15) is 11.6 Å². The largest absolute Gasteiger partial charge is 0.493 e. The van der Waals surface area contributed by atoms with Crippen LogP contribution in [0.5, 0.6) is 5.75 Å². The van der Waals surface area contributed by atoms with Crippen LogP contribution in [0.3, 0.4) is 0 Å². The predicted octanol–water partition coefficient (Wildman–Crippen LogP) is 8.84. The van der Waals surface area contributed by atoms with Crippen LogP contribution in [0.15, 0.2) is 12.1 Å². The van der Waals surface area contributed by atoms with Crippen LogP contribution in [-0.4, -0.2) is 19.3 Å². The van der Waals surface area contributed by atoms with Gasteiger partial charge in [0.2, 0.25) is 0 Å². The summed E-state index contributed by atoms with van der Waals surface area (Å²) in [6, 6.07) is 3.13. The minimum atomic E-state index is -2.89.